The van der Waals surface area contributed by atoms with Crippen molar-refractivity contribution in [3.8, 4) is 5.75 Å². The van der Waals surface area contributed by atoms with Gasteiger partial charge in [0.2, 0.25) is 10.0 Å². The van der Waals surface area contributed by atoms with Crippen molar-refractivity contribution in [2.45, 2.75) is 26.4 Å². The Kier molecular flexibility index (Phi) is 12.5. The van der Waals surface area contributed by atoms with E-state index in [4.69, 9.17) is 4.74 Å². The molecular formula is C16H28FIN4O3S. The van der Waals surface area contributed by atoms with Crippen LogP contribution < -0.4 is 20.1 Å². The van der Waals surface area contributed by atoms with Gasteiger partial charge in [-0.3, -0.25) is 0 Å². The minimum absolute atomic E-state index is 0. The molecule has 0 amide bonds. The Balaban J connectivity index is 0.00000625. The molecule has 1 aromatic rings. The first-order valence-electron chi connectivity index (χ1n) is 8.19. The number of ether oxygens (including phenoxy) is 1. The lowest BCUT2D eigenvalue weighted by Crippen LogP contribution is -2.39. The molecule has 0 aromatic heterocycles. The lowest BCUT2D eigenvalue weighted by atomic mass is 10.3. The Labute approximate surface area is 172 Å². The van der Waals surface area contributed by atoms with Gasteiger partial charge in [-0.2, -0.15) is 0 Å². The third kappa shape index (κ3) is 12.3. The van der Waals surface area contributed by atoms with E-state index in [2.05, 4.69) is 20.3 Å². The maximum atomic E-state index is 13.1. The molecule has 1 aromatic carbocycles. The second kappa shape index (κ2) is 13.1. The molecule has 150 valence electrons. The lowest BCUT2D eigenvalue weighted by Gasteiger charge is -2.15. The van der Waals surface area contributed by atoms with Gasteiger partial charge in [0.25, 0.3) is 0 Å². The number of sulfonamides is 1. The van der Waals surface area contributed by atoms with Crippen LogP contribution in [-0.2, 0) is 10.0 Å². The predicted molar refractivity (Wildman–Crippen MR) is 113 cm³/mol. The molecule has 0 spiro atoms. The van der Waals surface area contributed by atoms with Crippen molar-refractivity contribution in [3.05, 3.63) is 30.1 Å². The summed E-state index contributed by atoms with van der Waals surface area (Å²) in [6, 6.07) is 5.98. The molecule has 0 saturated carbocycles. The summed E-state index contributed by atoms with van der Waals surface area (Å²) in [4.78, 5) is 4.42. The van der Waals surface area contributed by atoms with Gasteiger partial charge in [0.1, 0.15) is 17.7 Å². The van der Waals surface area contributed by atoms with Gasteiger partial charge in [0.05, 0.1) is 12.8 Å². The van der Waals surface area contributed by atoms with Crippen LogP contribution in [0.25, 0.3) is 0 Å². The first-order valence-corrected chi connectivity index (χ1v) is 10.1. The molecule has 0 aliphatic rings. The van der Waals surface area contributed by atoms with Crippen molar-refractivity contribution >= 4 is 40.0 Å². The normalized spacial score (nSPS) is 12.8. The van der Waals surface area contributed by atoms with Crippen LogP contribution in [0.1, 0.15) is 20.3 Å². The summed E-state index contributed by atoms with van der Waals surface area (Å²) in [5.41, 5.74) is 0. The standard InChI is InChI=1S/C16H27FN4O3S.HI/c1-4-18-16(19-9-6-10-21-25(3,22)23)20-12-13(2)24-15-8-5-7-14(17)11-15;/h5,7-8,11,13,21H,4,6,9-10,12H2,1-3H3,(H2,18,19,20);1H. The number of nitrogens with one attached hydrogen (secondary N) is 3. The summed E-state index contributed by atoms with van der Waals surface area (Å²) < 4.78 is 43.1. The average molecular weight is 502 g/mol. The molecule has 0 heterocycles. The fourth-order valence-electron chi connectivity index (χ4n) is 1.92. The third-order valence-electron chi connectivity index (χ3n) is 2.99. The minimum atomic E-state index is -3.16. The van der Waals surface area contributed by atoms with E-state index in [0.29, 0.717) is 44.3 Å². The molecule has 10 heteroatoms. The average Bonchev–Trinajstić information content (AvgIpc) is 2.51. The van der Waals surface area contributed by atoms with Gasteiger partial charge in [0, 0.05) is 25.7 Å². The van der Waals surface area contributed by atoms with Crippen molar-refractivity contribution in [1.82, 2.24) is 15.4 Å². The molecule has 0 radical (unpaired) electrons. The van der Waals surface area contributed by atoms with Crippen molar-refractivity contribution in [2.24, 2.45) is 4.99 Å². The summed E-state index contributed by atoms with van der Waals surface area (Å²) >= 11 is 0. The quantitative estimate of drug-likeness (QED) is 0.196. The molecule has 0 fully saturated rings. The Hall–Kier alpha value is -1.14. The molecule has 1 atom stereocenters. The first-order chi connectivity index (χ1) is 11.8. The van der Waals surface area contributed by atoms with Crippen LogP contribution in [0.2, 0.25) is 0 Å². The van der Waals surface area contributed by atoms with Crippen molar-refractivity contribution in [1.29, 1.82) is 0 Å². The first kappa shape index (κ1) is 24.9. The van der Waals surface area contributed by atoms with Gasteiger partial charge in [0.15, 0.2) is 5.96 Å². The van der Waals surface area contributed by atoms with E-state index in [1.165, 1.54) is 12.1 Å². The fourth-order valence-corrected chi connectivity index (χ4v) is 2.44. The molecule has 1 unspecified atom stereocenters. The molecule has 7 nitrogen and oxygen atoms in total. The number of halogens is 2. The van der Waals surface area contributed by atoms with Crippen LogP contribution in [0.5, 0.6) is 5.75 Å². The molecule has 0 aliphatic heterocycles. The molecule has 1 rings (SSSR count). The van der Waals surface area contributed by atoms with Crippen LogP contribution in [0.15, 0.2) is 29.3 Å². The highest BCUT2D eigenvalue weighted by Gasteiger charge is 2.05. The Morgan fingerprint density at radius 2 is 2.04 bits per heavy atom. The van der Waals surface area contributed by atoms with Crippen LogP contribution in [0.3, 0.4) is 0 Å². The Morgan fingerprint density at radius 1 is 1.31 bits per heavy atom. The van der Waals surface area contributed by atoms with E-state index in [-0.39, 0.29) is 35.9 Å². The zero-order valence-electron chi connectivity index (χ0n) is 15.3. The van der Waals surface area contributed by atoms with E-state index in [1.54, 1.807) is 12.1 Å². The number of nitrogens with zero attached hydrogens (tertiary/aromatic N) is 1. The molecule has 3 N–H and O–H groups in total. The molecule has 0 aliphatic carbocycles. The highest BCUT2D eigenvalue weighted by atomic mass is 127. The molecule has 0 saturated heterocycles. The molecular weight excluding hydrogens is 474 g/mol. The van der Waals surface area contributed by atoms with E-state index in [9.17, 15) is 12.8 Å². The van der Waals surface area contributed by atoms with E-state index in [0.717, 1.165) is 6.26 Å². The lowest BCUT2D eigenvalue weighted by molar-refractivity contribution is 0.229. The predicted octanol–water partition coefficient (Wildman–Crippen LogP) is 1.71. The van der Waals surface area contributed by atoms with E-state index in [1.807, 2.05) is 13.8 Å². The smallest absolute Gasteiger partial charge is 0.208 e. The monoisotopic (exact) mass is 502 g/mol. The van der Waals surface area contributed by atoms with Gasteiger partial charge in [-0.15, -0.1) is 24.0 Å². The maximum absolute atomic E-state index is 13.1. The fraction of sp³-hybridized carbons (Fsp3) is 0.562. The number of rotatable bonds is 10. The highest BCUT2D eigenvalue weighted by molar-refractivity contribution is 14.0. The summed E-state index contributed by atoms with van der Waals surface area (Å²) in [7, 11) is -3.16. The molecule has 0 bridgehead atoms. The zero-order chi connectivity index (χ0) is 18.7. The summed E-state index contributed by atoms with van der Waals surface area (Å²) in [5, 5.41) is 6.23. The summed E-state index contributed by atoms with van der Waals surface area (Å²) in [5.74, 6) is 0.745. The number of aliphatic imine (C=N–C) groups is 1. The van der Waals surface area contributed by atoms with Crippen molar-refractivity contribution in [3.63, 3.8) is 0 Å². The second-order valence-electron chi connectivity index (χ2n) is 5.55. The largest absolute Gasteiger partial charge is 0.489 e. The van der Waals surface area contributed by atoms with Gasteiger partial charge < -0.3 is 15.4 Å². The van der Waals surface area contributed by atoms with E-state index >= 15 is 0 Å². The van der Waals surface area contributed by atoms with Crippen LogP contribution in [0, 0.1) is 5.82 Å². The molecule has 26 heavy (non-hydrogen) atoms. The van der Waals surface area contributed by atoms with Gasteiger partial charge in [-0.1, -0.05) is 6.07 Å². The van der Waals surface area contributed by atoms with Gasteiger partial charge in [-0.25, -0.2) is 22.5 Å². The Morgan fingerprint density at radius 3 is 2.65 bits per heavy atom. The third-order valence-corrected chi connectivity index (χ3v) is 3.72. The van der Waals surface area contributed by atoms with Crippen molar-refractivity contribution < 1.29 is 17.5 Å². The van der Waals surface area contributed by atoms with Gasteiger partial charge in [-0.05, 0) is 32.4 Å². The van der Waals surface area contributed by atoms with Crippen LogP contribution in [-0.4, -0.2) is 52.9 Å². The van der Waals surface area contributed by atoms with Crippen molar-refractivity contribution in [2.75, 3.05) is 32.4 Å². The van der Waals surface area contributed by atoms with Crippen LogP contribution >= 0.6 is 24.0 Å². The summed E-state index contributed by atoms with van der Waals surface area (Å²) in [6.07, 6.45) is 1.54. The zero-order valence-corrected chi connectivity index (χ0v) is 18.4. The van der Waals surface area contributed by atoms with Gasteiger partial charge >= 0.3 is 0 Å². The SMILES string of the molecule is CCNC(=NCC(C)Oc1cccc(F)c1)NCCCNS(C)(=O)=O.I. The summed E-state index contributed by atoms with van der Waals surface area (Å²) in [6.45, 7) is 5.85. The van der Waals surface area contributed by atoms with E-state index < -0.39 is 10.0 Å². The number of hydrogen-bond acceptors (Lipinski definition) is 4. The van der Waals surface area contributed by atoms with Crippen LogP contribution in [0.4, 0.5) is 4.39 Å². The number of hydrogen-bond donors (Lipinski definition) is 3. The second-order valence-corrected chi connectivity index (χ2v) is 7.39. The topological polar surface area (TPSA) is 91.8 Å². The minimum Gasteiger partial charge on any atom is -0.489 e. The number of benzene rings is 1. The highest BCUT2D eigenvalue weighted by Crippen LogP contribution is 2.13. The Bertz CT molecular complexity index is 659. The maximum Gasteiger partial charge on any atom is 0.208 e. The number of guanidine groups is 1.